The number of benzene rings is 1. The third kappa shape index (κ3) is 3.21. The second-order valence-corrected chi connectivity index (χ2v) is 7.45. The second-order valence-electron chi connectivity index (χ2n) is 6.68. The van der Waals surface area contributed by atoms with Crippen LogP contribution in [0.15, 0.2) is 42.7 Å². The first kappa shape index (κ1) is 18.7. The van der Waals surface area contributed by atoms with Gasteiger partial charge in [0.15, 0.2) is 5.78 Å². The Bertz CT molecular complexity index is 1070. The van der Waals surface area contributed by atoms with Gasteiger partial charge in [0.25, 0.3) is 0 Å². The molecule has 5 nitrogen and oxygen atoms in total. The summed E-state index contributed by atoms with van der Waals surface area (Å²) in [6.45, 7) is 0. The largest absolute Gasteiger partial charge is 0.478 e. The Morgan fingerprint density at radius 2 is 1.75 bits per heavy atom. The van der Waals surface area contributed by atoms with Crippen LogP contribution in [0.4, 0.5) is 0 Å². The first-order chi connectivity index (χ1) is 13.5. The molecule has 1 N–H and O–H groups in total. The van der Waals surface area contributed by atoms with Gasteiger partial charge in [0, 0.05) is 29.3 Å². The molecule has 2 aromatic heterocycles. The molecule has 0 spiro atoms. The van der Waals surface area contributed by atoms with Gasteiger partial charge < -0.3 is 9.67 Å². The highest BCUT2D eigenvalue weighted by molar-refractivity contribution is 6.40. The third-order valence-electron chi connectivity index (χ3n) is 5.03. The van der Waals surface area contributed by atoms with Crippen LogP contribution in [0.25, 0.3) is 5.69 Å². The minimum atomic E-state index is -0.974. The van der Waals surface area contributed by atoms with Gasteiger partial charge in [0.1, 0.15) is 5.15 Å². The monoisotopic (exact) mass is 414 g/mol. The van der Waals surface area contributed by atoms with Crippen LogP contribution in [-0.2, 0) is 12.8 Å². The Kier molecular flexibility index (Phi) is 4.96. The van der Waals surface area contributed by atoms with Crippen LogP contribution >= 0.6 is 23.2 Å². The Morgan fingerprint density at radius 1 is 1.04 bits per heavy atom. The zero-order valence-electron chi connectivity index (χ0n) is 14.8. The van der Waals surface area contributed by atoms with Gasteiger partial charge in [-0.15, -0.1) is 0 Å². The predicted molar refractivity (Wildman–Crippen MR) is 107 cm³/mol. The van der Waals surface area contributed by atoms with E-state index >= 15 is 0 Å². The normalized spacial score (nSPS) is 13.2. The van der Waals surface area contributed by atoms with Crippen molar-refractivity contribution >= 4 is 35.0 Å². The number of pyridine rings is 1. The fourth-order valence-electron chi connectivity index (χ4n) is 3.67. The smallest absolute Gasteiger partial charge is 0.335 e. The highest BCUT2D eigenvalue weighted by Crippen LogP contribution is 2.33. The fraction of sp³-hybridized carbons (Fsp3) is 0.190. The summed E-state index contributed by atoms with van der Waals surface area (Å²) < 4.78 is 1.96. The summed E-state index contributed by atoms with van der Waals surface area (Å²) in [4.78, 5) is 28.3. The molecule has 0 fully saturated rings. The van der Waals surface area contributed by atoms with Gasteiger partial charge in [-0.3, -0.25) is 4.79 Å². The van der Waals surface area contributed by atoms with Crippen molar-refractivity contribution in [3.63, 3.8) is 0 Å². The third-order valence-corrected chi connectivity index (χ3v) is 5.63. The molecule has 0 aliphatic heterocycles. The number of aromatic nitrogens is 2. The summed E-state index contributed by atoms with van der Waals surface area (Å²) in [6, 6.07) is 8.16. The summed E-state index contributed by atoms with van der Waals surface area (Å²) >= 11 is 12.4. The highest BCUT2D eigenvalue weighted by Gasteiger charge is 2.27. The van der Waals surface area contributed by atoms with Crippen molar-refractivity contribution in [2.45, 2.75) is 25.7 Å². The van der Waals surface area contributed by atoms with E-state index in [9.17, 15) is 9.59 Å². The first-order valence-corrected chi connectivity index (χ1v) is 9.64. The molecule has 1 aliphatic carbocycles. The number of fused-ring (bicyclic) bond motifs is 1. The Morgan fingerprint density at radius 3 is 2.43 bits per heavy atom. The number of ketones is 1. The number of carboxylic acids is 1. The van der Waals surface area contributed by atoms with Gasteiger partial charge in [-0.25, -0.2) is 9.78 Å². The van der Waals surface area contributed by atoms with Crippen molar-refractivity contribution in [3.8, 4) is 5.69 Å². The van der Waals surface area contributed by atoms with Gasteiger partial charge >= 0.3 is 5.97 Å². The van der Waals surface area contributed by atoms with E-state index in [1.807, 2.05) is 4.57 Å². The Balaban J connectivity index is 1.84. The molecule has 142 valence electrons. The number of aromatic carboxylic acids is 1. The van der Waals surface area contributed by atoms with Crippen molar-refractivity contribution in [1.82, 2.24) is 9.55 Å². The zero-order chi connectivity index (χ0) is 19.8. The fourth-order valence-corrected chi connectivity index (χ4v) is 4.20. The van der Waals surface area contributed by atoms with Crippen molar-refractivity contribution in [2.24, 2.45) is 0 Å². The highest BCUT2D eigenvalue weighted by atomic mass is 35.5. The number of halogens is 2. The quantitative estimate of drug-likeness (QED) is 0.482. The van der Waals surface area contributed by atoms with Crippen molar-refractivity contribution in [3.05, 3.63) is 80.8 Å². The van der Waals surface area contributed by atoms with Crippen LogP contribution in [0.5, 0.6) is 0 Å². The van der Waals surface area contributed by atoms with Crippen molar-refractivity contribution in [1.29, 1.82) is 0 Å². The lowest BCUT2D eigenvalue weighted by atomic mass is 9.92. The van der Waals surface area contributed by atoms with Gasteiger partial charge in [0.2, 0.25) is 0 Å². The molecule has 1 aliphatic rings. The van der Waals surface area contributed by atoms with Crippen LogP contribution in [0.3, 0.4) is 0 Å². The molecule has 2 heterocycles. The molecule has 1 aromatic carbocycles. The first-order valence-electron chi connectivity index (χ1n) is 8.89. The van der Waals surface area contributed by atoms with E-state index in [2.05, 4.69) is 4.98 Å². The average molecular weight is 415 g/mol. The second kappa shape index (κ2) is 7.41. The van der Waals surface area contributed by atoms with E-state index in [-0.39, 0.29) is 27.1 Å². The van der Waals surface area contributed by atoms with Crippen LogP contribution in [0, 0.1) is 0 Å². The summed E-state index contributed by atoms with van der Waals surface area (Å²) in [5, 5.41) is 9.47. The number of nitrogens with zero attached hydrogens (tertiary/aromatic N) is 2. The summed E-state index contributed by atoms with van der Waals surface area (Å²) in [6.07, 6.45) is 6.94. The lowest BCUT2D eigenvalue weighted by Gasteiger charge is -2.16. The van der Waals surface area contributed by atoms with Crippen LogP contribution < -0.4 is 0 Å². The standard InChI is InChI=1S/C21H16Cl2N2O3/c22-16-9-10-24-20(23)18(16)19(26)15-11-25(17-4-2-1-3-14(15)17)13-7-5-12(6-8-13)21(27)28/h5-11H,1-4H2,(H,27,28). The molecule has 0 unspecified atom stereocenters. The van der Waals surface area contributed by atoms with Gasteiger partial charge in [-0.1, -0.05) is 23.2 Å². The topological polar surface area (TPSA) is 72.2 Å². The van der Waals surface area contributed by atoms with Crippen molar-refractivity contribution < 1.29 is 14.7 Å². The molecule has 0 radical (unpaired) electrons. The number of carboxylic acid groups (broad SMARTS) is 1. The SMILES string of the molecule is O=C(O)c1ccc(-n2cc(C(=O)c3c(Cl)ccnc3Cl)c3c2CCCC3)cc1. The van der Waals surface area contributed by atoms with E-state index < -0.39 is 5.97 Å². The predicted octanol–water partition coefficient (Wildman–Crippen LogP) is 4.99. The van der Waals surface area contributed by atoms with Gasteiger partial charge in [-0.2, -0.15) is 0 Å². The lowest BCUT2D eigenvalue weighted by molar-refractivity contribution is 0.0696. The Hall–Kier alpha value is -2.63. The maximum atomic E-state index is 13.2. The van der Waals surface area contributed by atoms with E-state index in [1.165, 1.54) is 6.20 Å². The molecule has 28 heavy (non-hydrogen) atoms. The number of rotatable bonds is 4. The molecule has 0 bridgehead atoms. The number of hydrogen-bond donors (Lipinski definition) is 1. The van der Waals surface area contributed by atoms with Crippen LogP contribution in [-0.4, -0.2) is 26.4 Å². The van der Waals surface area contributed by atoms with Crippen LogP contribution in [0.1, 0.15) is 50.4 Å². The number of carbonyl (C=O) groups is 2. The van der Waals surface area contributed by atoms with E-state index in [0.29, 0.717) is 5.56 Å². The molecule has 3 aromatic rings. The number of carbonyl (C=O) groups excluding carboxylic acids is 1. The maximum Gasteiger partial charge on any atom is 0.335 e. The maximum absolute atomic E-state index is 13.2. The summed E-state index contributed by atoms with van der Waals surface area (Å²) in [5.74, 6) is -1.22. The van der Waals surface area contributed by atoms with E-state index in [4.69, 9.17) is 28.3 Å². The number of hydrogen-bond acceptors (Lipinski definition) is 3. The van der Waals surface area contributed by atoms with E-state index in [1.54, 1.807) is 36.5 Å². The molecular weight excluding hydrogens is 399 g/mol. The van der Waals surface area contributed by atoms with Crippen molar-refractivity contribution in [2.75, 3.05) is 0 Å². The zero-order valence-corrected chi connectivity index (χ0v) is 16.3. The molecule has 0 atom stereocenters. The molecule has 0 saturated carbocycles. The molecule has 7 heteroatoms. The average Bonchev–Trinajstić information content (AvgIpc) is 3.07. The van der Waals surface area contributed by atoms with Crippen LogP contribution in [0.2, 0.25) is 10.2 Å². The minimum absolute atomic E-state index is 0.0839. The minimum Gasteiger partial charge on any atom is -0.478 e. The summed E-state index contributed by atoms with van der Waals surface area (Å²) in [5.41, 5.74) is 3.86. The lowest BCUT2D eigenvalue weighted by Crippen LogP contribution is -2.10. The van der Waals surface area contributed by atoms with Gasteiger partial charge in [0.05, 0.1) is 16.1 Å². The molecule has 0 amide bonds. The molecular formula is C21H16Cl2N2O3. The Labute approximate surface area is 171 Å². The van der Waals surface area contributed by atoms with E-state index in [0.717, 1.165) is 42.6 Å². The molecule has 4 rings (SSSR count). The summed E-state index contributed by atoms with van der Waals surface area (Å²) in [7, 11) is 0. The van der Waals surface area contributed by atoms with Gasteiger partial charge in [-0.05, 0) is 61.6 Å². The molecule has 0 saturated heterocycles.